The number of aromatic nitrogens is 2. The van der Waals surface area contributed by atoms with Gasteiger partial charge in [-0.2, -0.15) is 0 Å². The van der Waals surface area contributed by atoms with E-state index in [1.165, 1.54) is 11.3 Å². The van der Waals surface area contributed by atoms with E-state index in [0.717, 1.165) is 20.9 Å². The largest absolute Gasteiger partial charge is 0.343 e. The molecule has 0 unspecified atom stereocenters. The Labute approximate surface area is 128 Å². The lowest BCUT2D eigenvalue weighted by Crippen LogP contribution is -2.16. The van der Waals surface area contributed by atoms with Crippen LogP contribution in [-0.4, -0.2) is 21.7 Å². The Hall–Kier alpha value is -0.790. The van der Waals surface area contributed by atoms with Crippen LogP contribution in [0, 0.1) is 6.92 Å². The Balaban J connectivity index is 2.20. The van der Waals surface area contributed by atoms with Crippen LogP contribution in [-0.2, 0) is 6.54 Å². The fraction of sp³-hybridized carbons (Fsp3) is 0.333. The van der Waals surface area contributed by atoms with Crippen LogP contribution in [0.3, 0.4) is 0 Å². The van der Waals surface area contributed by atoms with Crippen molar-refractivity contribution in [2.75, 3.05) is 11.6 Å². The van der Waals surface area contributed by atoms with E-state index in [2.05, 4.69) is 26.2 Å². The number of nitrogens with one attached hydrogen (secondary N) is 1. The molecular formula is C12H14BrN3OS2. The summed E-state index contributed by atoms with van der Waals surface area (Å²) in [6, 6.07) is 1.81. The highest BCUT2D eigenvalue weighted by molar-refractivity contribution is 9.10. The summed E-state index contributed by atoms with van der Waals surface area (Å²) >= 11 is 6.53. The van der Waals surface area contributed by atoms with Crippen LogP contribution >= 0.6 is 39.0 Å². The van der Waals surface area contributed by atoms with E-state index in [-0.39, 0.29) is 5.91 Å². The van der Waals surface area contributed by atoms with Gasteiger partial charge in [0.15, 0.2) is 5.13 Å². The van der Waals surface area contributed by atoms with Gasteiger partial charge in [0.2, 0.25) is 0 Å². The number of amides is 1. The molecule has 0 bridgehead atoms. The molecule has 102 valence electrons. The number of aryl methyl sites for hydroxylation is 2. The summed E-state index contributed by atoms with van der Waals surface area (Å²) in [5.41, 5.74) is 1.59. The summed E-state index contributed by atoms with van der Waals surface area (Å²) in [5.74, 6) is -0.131. The molecule has 0 fully saturated rings. The first-order valence-corrected chi connectivity index (χ1v) is 8.57. The third-order valence-electron chi connectivity index (χ3n) is 2.60. The van der Waals surface area contributed by atoms with E-state index < -0.39 is 0 Å². The molecule has 0 spiro atoms. The molecule has 0 radical (unpaired) electrons. The molecule has 0 aromatic carbocycles. The third-order valence-corrected chi connectivity index (χ3v) is 5.31. The van der Waals surface area contributed by atoms with Gasteiger partial charge in [-0.25, -0.2) is 4.98 Å². The van der Waals surface area contributed by atoms with Gasteiger partial charge in [-0.3, -0.25) is 10.1 Å². The maximum Gasteiger partial charge on any atom is 0.274 e. The minimum Gasteiger partial charge on any atom is -0.343 e. The van der Waals surface area contributed by atoms with Crippen LogP contribution < -0.4 is 5.32 Å². The molecule has 1 amide bonds. The van der Waals surface area contributed by atoms with Gasteiger partial charge in [0.25, 0.3) is 5.91 Å². The number of carbonyl (C=O) groups excluding carboxylic acids is 1. The lowest BCUT2D eigenvalue weighted by molar-refractivity contribution is 0.101. The van der Waals surface area contributed by atoms with E-state index >= 15 is 0 Å². The maximum absolute atomic E-state index is 12.2. The predicted molar refractivity (Wildman–Crippen MR) is 84.4 cm³/mol. The Bertz CT molecular complexity index is 606. The smallest absolute Gasteiger partial charge is 0.274 e. The lowest BCUT2D eigenvalue weighted by atomic mass is 10.4. The van der Waals surface area contributed by atoms with Crippen LogP contribution in [0.2, 0.25) is 0 Å². The number of rotatable bonds is 4. The van der Waals surface area contributed by atoms with Gasteiger partial charge in [0.05, 0.1) is 9.90 Å². The highest BCUT2D eigenvalue weighted by Crippen LogP contribution is 2.30. The van der Waals surface area contributed by atoms with Crippen LogP contribution in [0.15, 0.2) is 20.9 Å². The first-order valence-electron chi connectivity index (χ1n) is 5.73. The summed E-state index contributed by atoms with van der Waals surface area (Å²) in [6.07, 6.45) is 3.90. The molecule has 1 N–H and O–H groups in total. The van der Waals surface area contributed by atoms with Crippen molar-refractivity contribution < 1.29 is 4.79 Å². The number of anilines is 1. The Morgan fingerprint density at radius 1 is 1.63 bits per heavy atom. The molecule has 0 aliphatic rings. The van der Waals surface area contributed by atoms with Crippen molar-refractivity contribution in [3.05, 3.63) is 28.1 Å². The average Bonchev–Trinajstić information content (AvgIpc) is 2.92. The maximum atomic E-state index is 12.2. The number of thioether (sulfide) groups is 1. The second-order valence-corrected chi connectivity index (χ2v) is 6.87. The number of nitrogens with zero attached hydrogens (tertiary/aromatic N) is 2. The molecule has 2 rings (SSSR count). The zero-order chi connectivity index (χ0) is 14.0. The van der Waals surface area contributed by atoms with Crippen molar-refractivity contribution in [1.82, 2.24) is 9.55 Å². The van der Waals surface area contributed by atoms with E-state index in [1.54, 1.807) is 11.8 Å². The standard InChI is InChI=1S/C12H14BrN3OS2/c1-4-16-6-8(13)5-9(16)10(17)15-12-14-7(2)11(18-3)19-12/h5-6H,4H2,1-3H3,(H,14,15,17). The molecule has 0 atom stereocenters. The van der Waals surface area contributed by atoms with Crippen molar-refractivity contribution in [3.63, 3.8) is 0 Å². The molecule has 0 saturated heterocycles. The zero-order valence-corrected chi connectivity index (χ0v) is 14.1. The van der Waals surface area contributed by atoms with E-state index in [1.807, 2.05) is 36.9 Å². The van der Waals surface area contributed by atoms with Crippen LogP contribution in [0.5, 0.6) is 0 Å². The molecule has 2 aromatic heterocycles. The van der Waals surface area contributed by atoms with Crippen molar-refractivity contribution in [3.8, 4) is 0 Å². The van der Waals surface area contributed by atoms with Crippen molar-refractivity contribution >= 4 is 50.1 Å². The molecule has 19 heavy (non-hydrogen) atoms. The summed E-state index contributed by atoms with van der Waals surface area (Å²) in [4.78, 5) is 16.6. The third kappa shape index (κ3) is 3.21. The number of carbonyl (C=O) groups is 1. The Morgan fingerprint density at radius 2 is 2.37 bits per heavy atom. The number of hydrogen-bond donors (Lipinski definition) is 1. The number of hydrogen-bond acceptors (Lipinski definition) is 4. The molecule has 7 heteroatoms. The normalized spacial score (nSPS) is 10.7. The lowest BCUT2D eigenvalue weighted by Gasteiger charge is -2.05. The quantitative estimate of drug-likeness (QED) is 0.838. The van der Waals surface area contributed by atoms with Gasteiger partial charge in [0.1, 0.15) is 5.69 Å². The van der Waals surface area contributed by atoms with Crippen molar-refractivity contribution in [2.45, 2.75) is 24.6 Å². The predicted octanol–water partition coefficient (Wildman–Crippen LogP) is 4.01. The van der Waals surface area contributed by atoms with E-state index in [0.29, 0.717) is 10.8 Å². The topological polar surface area (TPSA) is 46.9 Å². The molecule has 0 saturated carbocycles. The highest BCUT2D eigenvalue weighted by Gasteiger charge is 2.15. The Morgan fingerprint density at radius 3 is 2.95 bits per heavy atom. The number of thiazole rings is 1. The van der Waals surface area contributed by atoms with Gasteiger partial charge < -0.3 is 4.57 Å². The fourth-order valence-corrected chi connectivity index (χ4v) is 3.78. The summed E-state index contributed by atoms with van der Waals surface area (Å²) in [5, 5.41) is 3.50. The molecular weight excluding hydrogens is 346 g/mol. The molecule has 2 aromatic rings. The number of halogens is 1. The van der Waals surface area contributed by atoms with Gasteiger partial charge in [0, 0.05) is 17.2 Å². The second-order valence-electron chi connectivity index (χ2n) is 3.88. The summed E-state index contributed by atoms with van der Waals surface area (Å²) < 4.78 is 3.93. The minimum atomic E-state index is -0.131. The van der Waals surface area contributed by atoms with Crippen molar-refractivity contribution in [1.29, 1.82) is 0 Å². The average molecular weight is 360 g/mol. The first-order chi connectivity index (χ1) is 9.05. The Kier molecular flexibility index (Phi) is 4.70. The summed E-state index contributed by atoms with van der Waals surface area (Å²) in [6.45, 7) is 4.70. The van der Waals surface area contributed by atoms with E-state index in [4.69, 9.17) is 0 Å². The monoisotopic (exact) mass is 359 g/mol. The van der Waals surface area contributed by atoms with Gasteiger partial charge in [-0.1, -0.05) is 11.3 Å². The zero-order valence-electron chi connectivity index (χ0n) is 10.9. The van der Waals surface area contributed by atoms with E-state index in [9.17, 15) is 4.79 Å². The van der Waals surface area contributed by atoms with Crippen molar-refractivity contribution in [2.24, 2.45) is 0 Å². The van der Waals surface area contributed by atoms with Gasteiger partial charge in [-0.15, -0.1) is 11.8 Å². The van der Waals surface area contributed by atoms with Crippen LogP contribution in [0.4, 0.5) is 5.13 Å². The molecule has 0 aliphatic carbocycles. The molecule has 0 aliphatic heterocycles. The van der Waals surface area contributed by atoms with Gasteiger partial charge in [-0.05, 0) is 42.1 Å². The molecule has 4 nitrogen and oxygen atoms in total. The van der Waals surface area contributed by atoms with Crippen LogP contribution in [0.1, 0.15) is 23.1 Å². The molecule has 2 heterocycles. The van der Waals surface area contributed by atoms with Crippen LogP contribution in [0.25, 0.3) is 0 Å². The summed E-state index contributed by atoms with van der Waals surface area (Å²) in [7, 11) is 0. The second kappa shape index (κ2) is 6.11. The SMILES string of the molecule is CCn1cc(Br)cc1C(=O)Nc1nc(C)c(SC)s1. The first kappa shape index (κ1) is 14.6. The fourth-order valence-electron chi connectivity index (χ4n) is 1.71. The highest BCUT2D eigenvalue weighted by atomic mass is 79.9. The minimum absolute atomic E-state index is 0.131. The van der Waals surface area contributed by atoms with Gasteiger partial charge >= 0.3 is 0 Å².